The van der Waals surface area contributed by atoms with E-state index >= 15 is 0 Å². The van der Waals surface area contributed by atoms with Crippen LogP contribution in [0.5, 0.6) is 0 Å². The van der Waals surface area contributed by atoms with Gasteiger partial charge in [-0.1, -0.05) is 19.9 Å². The van der Waals surface area contributed by atoms with Gasteiger partial charge < -0.3 is 5.73 Å². The van der Waals surface area contributed by atoms with Gasteiger partial charge in [0.25, 0.3) is 0 Å². The van der Waals surface area contributed by atoms with Crippen LogP contribution in [0.3, 0.4) is 0 Å². The third-order valence-electron chi connectivity index (χ3n) is 3.82. The highest BCUT2D eigenvalue weighted by molar-refractivity contribution is 5.83. The molecule has 3 rings (SSSR count). The summed E-state index contributed by atoms with van der Waals surface area (Å²) < 4.78 is 0. The highest BCUT2D eigenvalue weighted by Gasteiger charge is 2.25. The van der Waals surface area contributed by atoms with Gasteiger partial charge in [0.05, 0.1) is 5.52 Å². The highest BCUT2D eigenvalue weighted by atomic mass is 14.7. The van der Waals surface area contributed by atoms with Gasteiger partial charge in [0.1, 0.15) is 0 Å². The van der Waals surface area contributed by atoms with E-state index in [0.29, 0.717) is 18.4 Å². The standard InChI is InChI=1S/C16H20N2/c1-10(2)12-5-6-15-14(7-12)13(9-17)8-16(18-15)11-3-4-11/h5-8,10-11H,3-4,9,17H2,1-2H3. The molecule has 18 heavy (non-hydrogen) atoms. The first-order chi connectivity index (χ1) is 8.69. The first kappa shape index (κ1) is 11.7. The largest absolute Gasteiger partial charge is 0.326 e. The van der Waals surface area contributed by atoms with Crippen molar-refractivity contribution in [2.75, 3.05) is 0 Å². The Morgan fingerprint density at radius 3 is 2.67 bits per heavy atom. The average Bonchev–Trinajstić information content (AvgIpc) is 3.20. The van der Waals surface area contributed by atoms with Crippen LogP contribution in [0.1, 0.15) is 55.3 Å². The van der Waals surface area contributed by atoms with E-state index in [2.05, 4.69) is 38.1 Å². The zero-order valence-corrected chi connectivity index (χ0v) is 11.1. The molecule has 94 valence electrons. The molecule has 2 heteroatoms. The van der Waals surface area contributed by atoms with Crippen LogP contribution < -0.4 is 5.73 Å². The summed E-state index contributed by atoms with van der Waals surface area (Å²) in [6, 6.07) is 8.81. The second kappa shape index (κ2) is 4.36. The van der Waals surface area contributed by atoms with Crippen LogP contribution >= 0.6 is 0 Å². The van der Waals surface area contributed by atoms with Crippen molar-refractivity contribution in [1.82, 2.24) is 4.98 Å². The fraction of sp³-hybridized carbons (Fsp3) is 0.438. The molecule has 2 nitrogen and oxygen atoms in total. The number of fused-ring (bicyclic) bond motifs is 1. The fourth-order valence-corrected chi connectivity index (χ4v) is 2.45. The topological polar surface area (TPSA) is 38.9 Å². The lowest BCUT2D eigenvalue weighted by atomic mass is 9.98. The Bertz CT molecular complexity index is 583. The van der Waals surface area contributed by atoms with Crippen molar-refractivity contribution in [3.05, 3.63) is 41.1 Å². The SMILES string of the molecule is CC(C)c1ccc2nc(C3CC3)cc(CN)c2c1. The third-order valence-corrected chi connectivity index (χ3v) is 3.82. The molecule has 1 saturated carbocycles. The second-order valence-corrected chi connectivity index (χ2v) is 5.62. The molecule has 1 heterocycles. The molecule has 0 bridgehead atoms. The average molecular weight is 240 g/mol. The Morgan fingerprint density at radius 2 is 2.06 bits per heavy atom. The van der Waals surface area contributed by atoms with Crippen LogP contribution in [0.2, 0.25) is 0 Å². The number of nitrogens with zero attached hydrogens (tertiary/aromatic N) is 1. The Balaban J connectivity index is 2.18. The van der Waals surface area contributed by atoms with Crippen molar-refractivity contribution in [3.8, 4) is 0 Å². The molecule has 2 N–H and O–H groups in total. The minimum Gasteiger partial charge on any atom is -0.326 e. The molecule has 1 aromatic heterocycles. The molecule has 0 spiro atoms. The van der Waals surface area contributed by atoms with Crippen LogP contribution in [0, 0.1) is 0 Å². The lowest BCUT2D eigenvalue weighted by Gasteiger charge is -2.11. The lowest BCUT2D eigenvalue weighted by molar-refractivity contribution is 0.868. The van der Waals surface area contributed by atoms with E-state index in [9.17, 15) is 0 Å². The Hall–Kier alpha value is -1.41. The summed E-state index contributed by atoms with van der Waals surface area (Å²) in [5.74, 6) is 1.23. The maximum atomic E-state index is 5.90. The van der Waals surface area contributed by atoms with Crippen molar-refractivity contribution >= 4 is 10.9 Å². The fourth-order valence-electron chi connectivity index (χ4n) is 2.45. The number of benzene rings is 1. The number of pyridine rings is 1. The molecule has 0 radical (unpaired) electrons. The Labute approximate surface area is 108 Å². The van der Waals surface area contributed by atoms with Crippen molar-refractivity contribution in [1.29, 1.82) is 0 Å². The minimum absolute atomic E-state index is 0.545. The molecular formula is C16H20N2. The van der Waals surface area contributed by atoms with Crippen molar-refractivity contribution in [3.63, 3.8) is 0 Å². The zero-order valence-electron chi connectivity index (χ0n) is 11.1. The van der Waals surface area contributed by atoms with E-state index in [1.54, 1.807) is 0 Å². The molecule has 0 amide bonds. The van der Waals surface area contributed by atoms with E-state index in [0.717, 1.165) is 5.52 Å². The van der Waals surface area contributed by atoms with E-state index in [-0.39, 0.29) is 0 Å². The Kier molecular flexibility index (Phi) is 2.83. The minimum atomic E-state index is 0.545. The summed E-state index contributed by atoms with van der Waals surface area (Å²) in [5.41, 5.74) is 10.8. The molecule has 1 aromatic carbocycles. The quantitative estimate of drug-likeness (QED) is 0.888. The van der Waals surface area contributed by atoms with Crippen LogP contribution in [0.15, 0.2) is 24.3 Å². The summed E-state index contributed by atoms with van der Waals surface area (Å²) in [5, 5.41) is 1.23. The second-order valence-electron chi connectivity index (χ2n) is 5.62. The molecule has 0 saturated heterocycles. The van der Waals surface area contributed by atoms with Crippen LogP contribution in [-0.2, 0) is 6.54 Å². The zero-order chi connectivity index (χ0) is 12.7. The lowest BCUT2D eigenvalue weighted by Crippen LogP contribution is -2.01. The molecule has 1 fully saturated rings. The van der Waals surface area contributed by atoms with E-state index in [1.807, 2.05) is 0 Å². The van der Waals surface area contributed by atoms with Gasteiger partial charge in [0.15, 0.2) is 0 Å². The molecular weight excluding hydrogens is 220 g/mol. The van der Waals surface area contributed by atoms with Crippen LogP contribution in [0.25, 0.3) is 10.9 Å². The molecule has 0 aliphatic heterocycles. The van der Waals surface area contributed by atoms with Gasteiger partial charge in [-0.05, 0) is 48.1 Å². The number of hydrogen-bond acceptors (Lipinski definition) is 2. The van der Waals surface area contributed by atoms with E-state index in [4.69, 9.17) is 10.7 Å². The molecule has 1 aliphatic rings. The normalized spacial score (nSPS) is 15.6. The maximum Gasteiger partial charge on any atom is 0.0708 e. The number of hydrogen-bond donors (Lipinski definition) is 1. The molecule has 2 aromatic rings. The summed E-state index contributed by atoms with van der Waals surface area (Å²) in [7, 11) is 0. The smallest absolute Gasteiger partial charge is 0.0708 e. The maximum absolute atomic E-state index is 5.90. The molecule has 1 aliphatic carbocycles. The van der Waals surface area contributed by atoms with Gasteiger partial charge in [0.2, 0.25) is 0 Å². The number of nitrogens with two attached hydrogens (primary N) is 1. The third kappa shape index (κ3) is 2.01. The van der Waals surface area contributed by atoms with Crippen molar-refractivity contribution < 1.29 is 0 Å². The van der Waals surface area contributed by atoms with Gasteiger partial charge in [-0.25, -0.2) is 0 Å². The first-order valence-electron chi connectivity index (χ1n) is 6.82. The summed E-state index contributed by atoms with van der Waals surface area (Å²) >= 11 is 0. The summed E-state index contributed by atoms with van der Waals surface area (Å²) in [4.78, 5) is 4.79. The van der Waals surface area contributed by atoms with Gasteiger partial charge in [-0.3, -0.25) is 4.98 Å². The highest BCUT2D eigenvalue weighted by Crippen LogP contribution is 2.40. The van der Waals surface area contributed by atoms with E-state index < -0.39 is 0 Å². The predicted molar refractivity (Wildman–Crippen MR) is 75.7 cm³/mol. The number of aromatic nitrogens is 1. The summed E-state index contributed by atoms with van der Waals surface area (Å²) in [6.45, 7) is 5.03. The van der Waals surface area contributed by atoms with Crippen LogP contribution in [-0.4, -0.2) is 4.98 Å². The van der Waals surface area contributed by atoms with Gasteiger partial charge in [-0.15, -0.1) is 0 Å². The molecule has 0 atom stereocenters. The van der Waals surface area contributed by atoms with Crippen molar-refractivity contribution in [2.45, 2.75) is 45.1 Å². The monoisotopic (exact) mass is 240 g/mol. The van der Waals surface area contributed by atoms with Gasteiger partial charge >= 0.3 is 0 Å². The van der Waals surface area contributed by atoms with Crippen molar-refractivity contribution in [2.24, 2.45) is 5.73 Å². The summed E-state index contributed by atoms with van der Waals surface area (Å²) in [6.07, 6.45) is 2.57. The predicted octanol–water partition coefficient (Wildman–Crippen LogP) is 3.69. The van der Waals surface area contributed by atoms with Gasteiger partial charge in [0, 0.05) is 23.5 Å². The molecule has 0 unspecified atom stereocenters. The van der Waals surface area contributed by atoms with E-state index in [1.165, 1.54) is 35.0 Å². The van der Waals surface area contributed by atoms with Gasteiger partial charge in [-0.2, -0.15) is 0 Å². The Morgan fingerprint density at radius 1 is 1.28 bits per heavy atom. The number of rotatable bonds is 3. The first-order valence-corrected chi connectivity index (χ1v) is 6.82. The van der Waals surface area contributed by atoms with Crippen LogP contribution in [0.4, 0.5) is 0 Å².